The maximum absolute atomic E-state index is 13.0. The van der Waals surface area contributed by atoms with E-state index in [9.17, 15) is 9.59 Å². The molecular formula is C23H21N3O2S. The van der Waals surface area contributed by atoms with Crippen LogP contribution in [0.4, 0.5) is 5.69 Å². The first kappa shape index (κ1) is 19.1. The van der Waals surface area contributed by atoms with Crippen LogP contribution < -0.4 is 10.9 Å². The van der Waals surface area contributed by atoms with E-state index in [1.54, 1.807) is 10.9 Å². The lowest BCUT2D eigenvalue weighted by molar-refractivity contribution is 0.103. The zero-order valence-electron chi connectivity index (χ0n) is 16.3. The summed E-state index contributed by atoms with van der Waals surface area (Å²) in [5.41, 5.74) is 3.60. The molecule has 2 aromatic carbocycles. The van der Waals surface area contributed by atoms with Gasteiger partial charge >= 0.3 is 0 Å². The van der Waals surface area contributed by atoms with Crippen molar-refractivity contribution in [2.45, 2.75) is 26.8 Å². The lowest BCUT2D eigenvalue weighted by Crippen LogP contribution is -2.21. The molecule has 4 rings (SSSR count). The van der Waals surface area contributed by atoms with Gasteiger partial charge in [0.15, 0.2) is 0 Å². The van der Waals surface area contributed by atoms with Gasteiger partial charge in [0, 0.05) is 12.2 Å². The summed E-state index contributed by atoms with van der Waals surface area (Å²) in [4.78, 5) is 31.3. The molecule has 0 radical (unpaired) electrons. The quantitative estimate of drug-likeness (QED) is 0.531. The summed E-state index contributed by atoms with van der Waals surface area (Å²) in [5, 5.41) is 3.43. The second-order valence-corrected chi connectivity index (χ2v) is 8.03. The van der Waals surface area contributed by atoms with E-state index in [1.807, 2.05) is 68.4 Å². The van der Waals surface area contributed by atoms with Crippen LogP contribution in [0.25, 0.3) is 10.2 Å². The van der Waals surface area contributed by atoms with Crippen LogP contribution in [0.3, 0.4) is 0 Å². The molecule has 4 aromatic rings. The van der Waals surface area contributed by atoms with E-state index < -0.39 is 0 Å². The van der Waals surface area contributed by atoms with Gasteiger partial charge < -0.3 is 5.32 Å². The Morgan fingerprint density at radius 1 is 1.07 bits per heavy atom. The molecule has 0 saturated heterocycles. The largest absolute Gasteiger partial charge is 0.321 e. The first-order chi connectivity index (χ1) is 14.0. The van der Waals surface area contributed by atoms with Crippen molar-refractivity contribution < 1.29 is 4.79 Å². The summed E-state index contributed by atoms with van der Waals surface area (Å²) in [7, 11) is 0. The highest BCUT2D eigenvalue weighted by molar-refractivity contribution is 7.20. The van der Waals surface area contributed by atoms with E-state index in [0.29, 0.717) is 27.2 Å². The van der Waals surface area contributed by atoms with Gasteiger partial charge in [-0.3, -0.25) is 14.2 Å². The lowest BCUT2D eigenvalue weighted by Gasteiger charge is -2.06. The van der Waals surface area contributed by atoms with Crippen molar-refractivity contribution in [3.05, 3.63) is 92.8 Å². The summed E-state index contributed by atoms with van der Waals surface area (Å²) in [6.07, 6.45) is 2.32. The van der Waals surface area contributed by atoms with E-state index in [-0.39, 0.29) is 11.5 Å². The Kier molecular flexibility index (Phi) is 5.27. The molecule has 0 aliphatic carbocycles. The van der Waals surface area contributed by atoms with Gasteiger partial charge in [0.25, 0.3) is 11.5 Å². The minimum atomic E-state index is -0.218. The number of fused-ring (bicyclic) bond motifs is 1. The van der Waals surface area contributed by atoms with Crippen LogP contribution >= 0.6 is 11.3 Å². The number of thiophene rings is 1. The monoisotopic (exact) mass is 403 g/mol. The maximum Gasteiger partial charge on any atom is 0.266 e. The number of rotatable bonds is 5. The molecule has 146 valence electrons. The van der Waals surface area contributed by atoms with Crippen LogP contribution in [0, 0.1) is 13.8 Å². The molecule has 0 atom stereocenters. The SMILES string of the molecule is Cc1ccc(NC(=O)c2sc3ncn(CCc4ccccc4)c(=O)c3c2C)cc1. The smallest absolute Gasteiger partial charge is 0.266 e. The number of hydrogen-bond donors (Lipinski definition) is 1. The summed E-state index contributed by atoms with van der Waals surface area (Å²) in [6.45, 7) is 4.36. The first-order valence-corrected chi connectivity index (χ1v) is 10.2. The fourth-order valence-electron chi connectivity index (χ4n) is 3.25. The van der Waals surface area contributed by atoms with Crippen molar-refractivity contribution >= 4 is 33.1 Å². The Balaban J connectivity index is 1.61. The van der Waals surface area contributed by atoms with Gasteiger partial charge in [-0.15, -0.1) is 11.3 Å². The average Bonchev–Trinajstić information content (AvgIpc) is 3.07. The lowest BCUT2D eigenvalue weighted by atomic mass is 10.1. The van der Waals surface area contributed by atoms with Crippen molar-refractivity contribution in [1.29, 1.82) is 0 Å². The average molecular weight is 404 g/mol. The third-order valence-corrected chi connectivity index (χ3v) is 6.12. The predicted octanol–water partition coefficient (Wildman–Crippen LogP) is 4.57. The molecule has 0 bridgehead atoms. The fraction of sp³-hybridized carbons (Fsp3) is 0.174. The van der Waals surface area contributed by atoms with Gasteiger partial charge in [0.05, 0.1) is 16.6 Å². The van der Waals surface area contributed by atoms with Gasteiger partial charge in [-0.2, -0.15) is 0 Å². The van der Waals surface area contributed by atoms with Crippen LogP contribution in [0.1, 0.15) is 26.4 Å². The van der Waals surface area contributed by atoms with E-state index >= 15 is 0 Å². The van der Waals surface area contributed by atoms with Crippen molar-refractivity contribution in [2.75, 3.05) is 5.32 Å². The molecule has 6 heteroatoms. The van der Waals surface area contributed by atoms with Gasteiger partial charge in [-0.25, -0.2) is 4.98 Å². The fourth-order valence-corrected chi connectivity index (χ4v) is 4.29. The van der Waals surface area contributed by atoms with E-state index in [4.69, 9.17) is 0 Å². The number of anilines is 1. The highest BCUT2D eigenvalue weighted by atomic mass is 32.1. The van der Waals surface area contributed by atoms with E-state index in [0.717, 1.165) is 17.7 Å². The van der Waals surface area contributed by atoms with Crippen LogP contribution in [0.2, 0.25) is 0 Å². The summed E-state index contributed by atoms with van der Waals surface area (Å²) < 4.78 is 1.62. The molecule has 1 amide bonds. The van der Waals surface area contributed by atoms with Crippen molar-refractivity contribution in [1.82, 2.24) is 9.55 Å². The van der Waals surface area contributed by atoms with Gasteiger partial charge in [-0.1, -0.05) is 48.0 Å². The molecule has 1 N–H and O–H groups in total. The third kappa shape index (κ3) is 3.98. The Labute approximate surface area is 172 Å². The number of nitrogens with zero attached hydrogens (tertiary/aromatic N) is 2. The Hall–Kier alpha value is -3.25. The second kappa shape index (κ2) is 8.01. The molecule has 2 heterocycles. The van der Waals surface area contributed by atoms with Gasteiger partial charge in [0.1, 0.15) is 4.83 Å². The van der Waals surface area contributed by atoms with Crippen LogP contribution in [-0.4, -0.2) is 15.5 Å². The number of aryl methyl sites for hydroxylation is 4. The molecule has 0 aliphatic rings. The molecule has 0 saturated carbocycles. The molecule has 0 spiro atoms. The molecule has 5 nitrogen and oxygen atoms in total. The molecule has 0 fully saturated rings. The second-order valence-electron chi connectivity index (χ2n) is 7.04. The number of carbonyl (C=O) groups is 1. The van der Waals surface area contributed by atoms with Crippen molar-refractivity contribution in [3.8, 4) is 0 Å². The predicted molar refractivity (Wildman–Crippen MR) is 118 cm³/mol. The van der Waals surface area contributed by atoms with Crippen molar-refractivity contribution in [3.63, 3.8) is 0 Å². The summed E-state index contributed by atoms with van der Waals surface area (Å²) in [5.74, 6) is -0.218. The Morgan fingerprint density at radius 2 is 1.79 bits per heavy atom. The molecule has 2 aromatic heterocycles. The molecule has 0 unspecified atom stereocenters. The standard InChI is InChI=1S/C23H21N3O2S/c1-15-8-10-18(11-9-15)25-21(27)20-16(2)19-22(29-20)24-14-26(23(19)28)13-12-17-6-4-3-5-7-17/h3-11,14H,12-13H2,1-2H3,(H,25,27). The maximum atomic E-state index is 13.0. The summed E-state index contributed by atoms with van der Waals surface area (Å²) >= 11 is 1.26. The Bertz CT molecular complexity index is 1220. The number of nitrogens with one attached hydrogen (secondary N) is 1. The Morgan fingerprint density at radius 3 is 2.52 bits per heavy atom. The van der Waals surface area contributed by atoms with Gasteiger partial charge in [0.2, 0.25) is 0 Å². The molecular weight excluding hydrogens is 382 g/mol. The zero-order valence-corrected chi connectivity index (χ0v) is 17.1. The number of carbonyl (C=O) groups excluding carboxylic acids is 1. The minimum absolute atomic E-state index is 0.103. The highest BCUT2D eigenvalue weighted by Crippen LogP contribution is 2.27. The van der Waals surface area contributed by atoms with Crippen molar-refractivity contribution in [2.24, 2.45) is 0 Å². The van der Waals surface area contributed by atoms with Gasteiger partial charge in [-0.05, 0) is 43.5 Å². The molecule has 0 aliphatic heterocycles. The van der Waals surface area contributed by atoms with E-state index in [2.05, 4.69) is 10.3 Å². The zero-order chi connectivity index (χ0) is 20.4. The first-order valence-electron chi connectivity index (χ1n) is 9.43. The normalized spacial score (nSPS) is 11.0. The number of benzene rings is 2. The molecule has 29 heavy (non-hydrogen) atoms. The van der Waals surface area contributed by atoms with E-state index in [1.165, 1.54) is 16.9 Å². The van der Waals surface area contributed by atoms with Crippen LogP contribution in [0.15, 0.2) is 65.7 Å². The summed E-state index contributed by atoms with van der Waals surface area (Å²) in [6, 6.07) is 17.7. The number of amides is 1. The minimum Gasteiger partial charge on any atom is -0.321 e. The third-order valence-electron chi connectivity index (χ3n) is 4.92. The highest BCUT2D eigenvalue weighted by Gasteiger charge is 2.19. The topological polar surface area (TPSA) is 64.0 Å². The number of aromatic nitrogens is 2. The van der Waals surface area contributed by atoms with Crippen LogP contribution in [-0.2, 0) is 13.0 Å². The number of hydrogen-bond acceptors (Lipinski definition) is 4. The van der Waals surface area contributed by atoms with Crippen LogP contribution in [0.5, 0.6) is 0 Å².